The predicted octanol–water partition coefficient (Wildman–Crippen LogP) is 4.19. The molecule has 21 heavy (non-hydrogen) atoms. The predicted molar refractivity (Wildman–Crippen MR) is 88.9 cm³/mol. The first kappa shape index (κ1) is 18.0. The molecule has 3 heteroatoms. The molecule has 0 saturated heterocycles. The van der Waals surface area contributed by atoms with E-state index in [4.69, 9.17) is 9.47 Å². The molecular formula is C18H31NO2. The zero-order chi connectivity index (χ0) is 15.7. The lowest BCUT2D eigenvalue weighted by molar-refractivity contribution is 0.0891. The van der Waals surface area contributed by atoms with E-state index in [1.807, 2.05) is 18.2 Å². The third-order valence-electron chi connectivity index (χ3n) is 3.44. The molecule has 0 aromatic heterocycles. The van der Waals surface area contributed by atoms with Crippen molar-refractivity contribution in [1.29, 1.82) is 0 Å². The van der Waals surface area contributed by atoms with Gasteiger partial charge in [0.05, 0.1) is 19.8 Å². The van der Waals surface area contributed by atoms with Crippen molar-refractivity contribution in [1.82, 2.24) is 5.32 Å². The van der Waals surface area contributed by atoms with Gasteiger partial charge in [-0.15, -0.1) is 0 Å². The average Bonchev–Trinajstić information content (AvgIpc) is 2.45. The molecule has 0 heterocycles. The van der Waals surface area contributed by atoms with Crippen LogP contribution >= 0.6 is 0 Å². The van der Waals surface area contributed by atoms with Gasteiger partial charge >= 0.3 is 0 Å². The quantitative estimate of drug-likeness (QED) is 0.693. The van der Waals surface area contributed by atoms with Crippen LogP contribution in [0.25, 0.3) is 0 Å². The molecule has 1 rings (SSSR count). The summed E-state index contributed by atoms with van der Waals surface area (Å²) < 4.78 is 11.4. The highest BCUT2D eigenvalue weighted by molar-refractivity contribution is 5.35. The highest BCUT2D eigenvalue weighted by atomic mass is 16.5. The van der Waals surface area contributed by atoms with Crippen LogP contribution in [0.2, 0.25) is 0 Å². The largest absolute Gasteiger partial charge is 0.496 e. The molecule has 1 aromatic rings. The molecule has 0 aliphatic rings. The topological polar surface area (TPSA) is 30.5 Å². The van der Waals surface area contributed by atoms with Crippen molar-refractivity contribution in [3.8, 4) is 5.75 Å². The van der Waals surface area contributed by atoms with Crippen LogP contribution in [-0.4, -0.2) is 26.9 Å². The molecule has 0 radical (unpaired) electrons. The first-order valence-electron chi connectivity index (χ1n) is 7.92. The summed E-state index contributed by atoms with van der Waals surface area (Å²) in [5.41, 5.74) is 1.49. The first-order chi connectivity index (χ1) is 9.98. The smallest absolute Gasteiger partial charge is 0.123 e. The van der Waals surface area contributed by atoms with E-state index in [0.717, 1.165) is 31.7 Å². The lowest BCUT2D eigenvalue weighted by atomic mass is 9.93. The van der Waals surface area contributed by atoms with Gasteiger partial charge in [0.15, 0.2) is 0 Å². The van der Waals surface area contributed by atoms with E-state index in [-0.39, 0.29) is 6.04 Å². The molecule has 1 atom stereocenters. The molecular weight excluding hydrogens is 262 g/mol. The second-order valence-electron chi connectivity index (χ2n) is 6.63. The van der Waals surface area contributed by atoms with Crippen molar-refractivity contribution in [2.75, 3.05) is 26.9 Å². The summed E-state index contributed by atoms with van der Waals surface area (Å²) >= 11 is 0. The number of hydrogen-bond donors (Lipinski definition) is 1. The Labute approximate surface area is 130 Å². The maximum absolute atomic E-state index is 5.90. The van der Waals surface area contributed by atoms with Crippen molar-refractivity contribution in [2.45, 2.75) is 46.6 Å². The van der Waals surface area contributed by atoms with Gasteiger partial charge in [-0.25, -0.2) is 0 Å². The van der Waals surface area contributed by atoms with Crippen molar-refractivity contribution >= 4 is 0 Å². The second-order valence-corrected chi connectivity index (χ2v) is 6.63. The van der Waals surface area contributed by atoms with Crippen LogP contribution < -0.4 is 10.1 Å². The van der Waals surface area contributed by atoms with Gasteiger partial charge in [0.2, 0.25) is 0 Å². The van der Waals surface area contributed by atoms with Gasteiger partial charge < -0.3 is 14.8 Å². The number of nitrogens with one attached hydrogen (secondary N) is 1. The van der Waals surface area contributed by atoms with E-state index in [1.165, 1.54) is 5.56 Å². The average molecular weight is 293 g/mol. The van der Waals surface area contributed by atoms with Gasteiger partial charge in [-0.2, -0.15) is 0 Å². The number of hydrogen-bond acceptors (Lipinski definition) is 3. The Kier molecular flexibility index (Phi) is 7.76. The highest BCUT2D eigenvalue weighted by Crippen LogP contribution is 2.25. The summed E-state index contributed by atoms with van der Waals surface area (Å²) in [7, 11) is 1.72. The maximum Gasteiger partial charge on any atom is 0.123 e. The van der Waals surface area contributed by atoms with Crippen LogP contribution in [0.5, 0.6) is 5.75 Å². The van der Waals surface area contributed by atoms with Crippen molar-refractivity contribution in [2.24, 2.45) is 5.41 Å². The standard InChI is InChI=1S/C18H31NO2/c1-6-12-19-16(14-21-13-11-18(2,3)4)15-9-7-8-10-17(15)20-5/h7-10,16,19H,6,11-14H2,1-5H3. The molecule has 0 saturated carbocycles. The Morgan fingerprint density at radius 3 is 2.52 bits per heavy atom. The van der Waals surface area contributed by atoms with E-state index in [0.29, 0.717) is 12.0 Å². The first-order valence-corrected chi connectivity index (χ1v) is 7.92. The molecule has 0 spiro atoms. The summed E-state index contributed by atoms with van der Waals surface area (Å²) in [5.74, 6) is 0.922. The van der Waals surface area contributed by atoms with E-state index in [9.17, 15) is 0 Å². The normalized spacial score (nSPS) is 13.2. The summed E-state index contributed by atoms with van der Waals surface area (Å²) in [6.07, 6.45) is 2.17. The molecule has 1 unspecified atom stereocenters. The Morgan fingerprint density at radius 2 is 1.90 bits per heavy atom. The molecule has 120 valence electrons. The summed E-state index contributed by atoms with van der Waals surface area (Å²) in [4.78, 5) is 0. The molecule has 0 amide bonds. The Balaban J connectivity index is 2.63. The van der Waals surface area contributed by atoms with Gasteiger partial charge in [0, 0.05) is 12.2 Å². The maximum atomic E-state index is 5.90. The Bertz CT molecular complexity index is 398. The van der Waals surface area contributed by atoms with E-state index in [2.05, 4.69) is 39.1 Å². The Hall–Kier alpha value is -1.06. The van der Waals surface area contributed by atoms with Crippen LogP contribution in [0.3, 0.4) is 0 Å². The second kappa shape index (κ2) is 9.06. The van der Waals surface area contributed by atoms with Crippen LogP contribution in [0.4, 0.5) is 0 Å². The molecule has 1 N–H and O–H groups in total. The number of benzene rings is 1. The fourth-order valence-corrected chi connectivity index (χ4v) is 2.11. The van der Waals surface area contributed by atoms with E-state index >= 15 is 0 Å². The number of para-hydroxylation sites is 1. The fraction of sp³-hybridized carbons (Fsp3) is 0.667. The minimum Gasteiger partial charge on any atom is -0.496 e. The number of rotatable bonds is 9. The van der Waals surface area contributed by atoms with Crippen molar-refractivity contribution < 1.29 is 9.47 Å². The number of ether oxygens (including phenoxy) is 2. The minimum absolute atomic E-state index is 0.182. The van der Waals surface area contributed by atoms with Crippen LogP contribution in [-0.2, 0) is 4.74 Å². The van der Waals surface area contributed by atoms with Crippen molar-refractivity contribution in [3.05, 3.63) is 29.8 Å². The van der Waals surface area contributed by atoms with Crippen LogP contribution in [0.1, 0.15) is 52.1 Å². The lowest BCUT2D eigenvalue weighted by Crippen LogP contribution is -2.27. The van der Waals surface area contributed by atoms with Crippen molar-refractivity contribution in [3.63, 3.8) is 0 Å². The van der Waals surface area contributed by atoms with Gasteiger partial charge in [-0.05, 0) is 30.9 Å². The summed E-state index contributed by atoms with van der Waals surface area (Å²) in [6, 6.07) is 8.35. The zero-order valence-corrected chi connectivity index (χ0v) is 14.2. The summed E-state index contributed by atoms with van der Waals surface area (Å²) in [6.45, 7) is 11.3. The summed E-state index contributed by atoms with van der Waals surface area (Å²) in [5, 5.41) is 3.55. The monoisotopic (exact) mass is 293 g/mol. The third kappa shape index (κ3) is 6.96. The van der Waals surface area contributed by atoms with Gasteiger partial charge in [-0.3, -0.25) is 0 Å². The molecule has 0 aliphatic heterocycles. The zero-order valence-electron chi connectivity index (χ0n) is 14.2. The van der Waals surface area contributed by atoms with E-state index < -0.39 is 0 Å². The Morgan fingerprint density at radius 1 is 1.19 bits per heavy atom. The molecule has 0 fully saturated rings. The number of methoxy groups -OCH3 is 1. The molecule has 1 aromatic carbocycles. The SMILES string of the molecule is CCCNC(COCCC(C)(C)C)c1ccccc1OC. The highest BCUT2D eigenvalue weighted by Gasteiger charge is 2.16. The molecule has 3 nitrogen and oxygen atoms in total. The molecule has 0 aliphatic carbocycles. The fourth-order valence-electron chi connectivity index (χ4n) is 2.11. The van der Waals surface area contributed by atoms with Gasteiger partial charge in [-0.1, -0.05) is 45.9 Å². The third-order valence-corrected chi connectivity index (χ3v) is 3.44. The van der Waals surface area contributed by atoms with E-state index in [1.54, 1.807) is 7.11 Å². The van der Waals surface area contributed by atoms with Crippen LogP contribution in [0.15, 0.2) is 24.3 Å². The molecule has 0 bridgehead atoms. The lowest BCUT2D eigenvalue weighted by Gasteiger charge is -2.23. The minimum atomic E-state index is 0.182. The van der Waals surface area contributed by atoms with Gasteiger partial charge in [0.1, 0.15) is 5.75 Å². The van der Waals surface area contributed by atoms with Gasteiger partial charge in [0.25, 0.3) is 0 Å². The van der Waals surface area contributed by atoms with Crippen LogP contribution in [0, 0.1) is 5.41 Å².